The number of benzene rings is 1. The second-order valence-corrected chi connectivity index (χ2v) is 5.48. The fraction of sp³-hybridized carbons (Fsp3) is 0.182. The number of para-hydroxylation sites is 1. The van der Waals surface area contributed by atoms with E-state index in [9.17, 15) is 8.42 Å². The average molecular weight is 221 g/mol. The lowest BCUT2D eigenvalue weighted by Gasteiger charge is -2.04. The summed E-state index contributed by atoms with van der Waals surface area (Å²) in [6, 6.07) is 8.81. The van der Waals surface area contributed by atoms with E-state index in [0.717, 1.165) is 0 Å². The maximum absolute atomic E-state index is 11.8. The van der Waals surface area contributed by atoms with Gasteiger partial charge in [-0.2, -0.15) is 0 Å². The van der Waals surface area contributed by atoms with Crippen molar-refractivity contribution in [1.29, 1.82) is 0 Å². The van der Waals surface area contributed by atoms with Crippen LogP contribution in [-0.4, -0.2) is 19.2 Å². The molecule has 2 aromatic rings. The highest BCUT2D eigenvalue weighted by Gasteiger charge is 2.14. The van der Waals surface area contributed by atoms with Crippen molar-refractivity contribution < 1.29 is 8.42 Å². The van der Waals surface area contributed by atoms with Gasteiger partial charge < -0.3 is 0 Å². The Kier molecular flexibility index (Phi) is 2.44. The summed E-state index contributed by atoms with van der Waals surface area (Å²) < 4.78 is 23.6. The van der Waals surface area contributed by atoms with Crippen LogP contribution in [0.1, 0.15) is 6.92 Å². The van der Waals surface area contributed by atoms with Crippen LogP contribution in [0.2, 0.25) is 0 Å². The molecule has 0 unspecified atom stereocenters. The van der Waals surface area contributed by atoms with E-state index in [1.54, 1.807) is 19.1 Å². The maximum atomic E-state index is 11.8. The van der Waals surface area contributed by atoms with E-state index in [-0.39, 0.29) is 5.75 Å². The van der Waals surface area contributed by atoms with E-state index < -0.39 is 9.84 Å². The molecule has 0 aliphatic rings. The summed E-state index contributed by atoms with van der Waals surface area (Å²) in [6.07, 6.45) is 1.53. The van der Waals surface area contributed by atoms with E-state index in [1.165, 1.54) is 6.20 Å². The summed E-state index contributed by atoms with van der Waals surface area (Å²) in [5, 5.41) is 0.696. The van der Waals surface area contributed by atoms with Crippen molar-refractivity contribution in [2.24, 2.45) is 0 Å². The molecule has 0 fully saturated rings. The molecule has 3 nitrogen and oxygen atoms in total. The van der Waals surface area contributed by atoms with Crippen LogP contribution in [0.25, 0.3) is 10.9 Å². The molecule has 0 aliphatic carbocycles. The third-order valence-corrected chi connectivity index (χ3v) is 4.11. The third kappa shape index (κ3) is 1.72. The highest BCUT2D eigenvalue weighted by Crippen LogP contribution is 2.21. The minimum absolute atomic E-state index is 0.112. The molecular formula is C11H11NO2S. The largest absolute Gasteiger partial charge is 0.256 e. The molecule has 1 aromatic carbocycles. The van der Waals surface area contributed by atoms with Crippen LogP contribution in [0, 0.1) is 0 Å². The number of fused-ring (bicyclic) bond motifs is 1. The Bertz CT molecular complexity index is 585. The quantitative estimate of drug-likeness (QED) is 0.779. The molecule has 0 aliphatic heterocycles. The first-order valence-corrected chi connectivity index (χ1v) is 6.37. The van der Waals surface area contributed by atoms with Crippen LogP contribution in [0.4, 0.5) is 0 Å². The van der Waals surface area contributed by atoms with Crippen LogP contribution >= 0.6 is 0 Å². The van der Waals surface area contributed by atoms with E-state index in [4.69, 9.17) is 0 Å². The molecule has 0 spiro atoms. The lowest BCUT2D eigenvalue weighted by Crippen LogP contribution is -2.04. The summed E-state index contributed by atoms with van der Waals surface area (Å²) in [4.78, 5) is 4.50. The van der Waals surface area contributed by atoms with Crippen molar-refractivity contribution in [2.75, 3.05) is 5.75 Å². The second kappa shape index (κ2) is 3.62. The molecule has 0 atom stereocenters. The third-order valence-electron chi connectivity index (χ3n) is 2.32. The maximum Gasteiger partial charge on any atom is 0.178 e. The van der Waals surface area contributed by atoms with Crippen LogP contribution in [0.5, 0.6) is 0 Å². The summed E-state index contributed by atoms with van der Waals surface area (Å²) in [5.74, 6) is 0.112. The predicted molar refractivity (Wildman–Crippen MR) is 59.5 cm³/mol. The van der Waals surface area contributed by atoms with Gasteiger partial charge >= 0.3 is 0 Å². The van der Waals surface area contributed by atoms with Crippen molar-refractivity contribution in [3.05, 3.63) is 36.5 Å². The number of hydrogen-bond acceptors (Lipinski definition) is 3. The number of pyridine rings is 1. The van der Waals surface area contributed by atoms with Gasteiger partial charge in [0.05, 0.1) is 16.2 Å². The molecule has 0 bridgehead atoms. The van der Waals surface area contributed by atoms with E-state index in [1.807, 2.05) is 18.2 Å². The summed E-state index contributed by atoms with van der Waals surface area (Å²) in [6.45, 7) is 1.64. The number of sulfone groups is 1. The van der Waals surface area contributed by atoms with Crippen LogP contribution in [-0.2, 0) is 9.84 Å². The van der Waals surface area contributed by atoms with Gasteiger partial charge in [0.1, 0.15) is 0 Å². The van der Waals surface area contributed by atoms with E-state index in [2.05, 4.69) is 4.98 Å². The predicted octanol–water partition coefficient (Wildman–Crippen LogP) is 2.03. The molecule has 0 saturated heterocycles. The van der Waals surface area contributed by atoms with E-state index in [0.29, 0.717) is 15.8 Å². The highest BCUT2D eigenvalue weighted by atomic mass is 32.2. The smallest absolute Gasteiger partial charge is 0.178 e. The van der Waals surface area contributed by atoms with Crippen LogP contribution in [0.3, 0.4) is 0 Å². The van der Waals surface area contributed by atoms with Gasteiger partial charge in [0.25, 0.3) is 0 Å². The molecular weight excluding hydrogens is 210 g/mol. The van der Waals surface area contributed by atoms with Crippen molar-refractivity contribution in [3.8, 4) is 0 Å². The molecule has 0 radical (unpaired) electrons. The lowest BCUT2D eigenvalue weighted by atomic mass is 10.2. The number of rotatable bonds is 2. The zero-order valence-electron chi connectivity index (χ0n) is 8.34. The Labute approximate surface area is 88.7 Å². The average Bonchev–Trinajstić information content (AvgIpc) is 2.28. The first kappa shape index (κ1) is 10.1. The van der Waals surface area contributed by atoms with Gasteiger partial charge in [0.15, 0.2) is 9.84 Å². The normalized spacial score (nSPS) is 11.8. The molecule has 78 valence electrons. The zero-order chi connectivity index (χ0) is 10.9. The number of hydrogen-bond donors (Lipinski definition) is 0. The van der Waals surface area contributed by atoms with Crippen molar-refractivity contribution in [3.63, 3.8) is 0 Å². The highest BCUT2D eigenvalue weighted by molar-refractivity contribution is 7.91. The Morgan fingerprint density at radius 2 is 1.93 bits per heavy atom. The Balaban J connectivity index is 2.83. The molecule has 4 heteroatoms. The van der Waals surface area contributed by atoms with Crippen LogP contribution in [0.15, 0.2) is 41.4 Å². The van der Waals surface area contributed by atoms with Gasteiger partial charge in [-0.1, -0.05) is 25.1 Å². The summed E-state index contributed by atoms with van der Waals surface area (Å²) in [5.41, 5.74) is 0.715. The first-order valence-electron chi connectivity index (χ1n) is 4.71. The van der Waals surface area contributed by atoms with Gasteiger partial charge in [-0.15, -0.1) is 0 Å². The van der Waals surface area contributed by atoms with E-state index >= 15 is 0 Å². The number of aromatic nitrogens is 1. The van der Waals surface area contributed by atoms with Gasteiger partial charge in [0, 0.05) is 11.6 Å². The fourth-order valence-corrected chi connectivity index (χ4v) is 2.58. The standard InChI is InChI=1S/C11H11NO2S/c1-2-15(13,14)11-7-8-12-10-6-4-3-5-9(10)11/h3-8H,2H2,1H3. The SMILES string of the molecule is CCS(=O)(=O)c1ccnc2ccccc12. The molecule has 0 saturated carbocycles. The minimum atomic E-state index is -3.16. The van der Waals surface area contributed by atoms with Crippen molar-refractivity contribution in [1.82, 2.24) is 4.98 Å². The molecule has 15 heavy (non-hydrogen) atoms. The molecule has 1 aromatic heterocycles. The van der Waals surface area contributed by atoms with Gasteiger partial charge in [-0.05, 0) is 12.1 Å². The van der Waals surface area contributed by atoms with Gasteiger partial charge in [-0.25, -0.2) is 8.42 Å². The van der Waals surface area contributed by atoms with Crippen molar-refractivity contribution in [2.45, 2.75) is 11.8 Å². The van der Waals surface area contributed by atoms with Gasteiger partial charge in [-0.3, -0.25) is 4.98 Å². The van der Waals surface area contributed by atoms with Crippen molar-refractivity contribution >= 4 is 20.7 Å². The zero-order valence-corrected chi connectivity index (χ0v) is 9.16. The minimum Gasteiger partial charge on any atom is -0.256 e. The summed E-state index contributed by atoms with van der Waals surface area (Å²) in [7, 11) is -3.16. The topological polar surface area (TPSA) is 47.0 Å². The number of nitrogens with zero attached hydrogens (tertiary/aromatic N) is 1. The van der Waals surface area contributed by atoms with Crippen LogP contribution < -0.4 is 0 Å². The Hall–Kier alpha value is -1.42. The molecule has 0 amide bonds. The first-order chi connectivity index (χ1) is 7.15. The molecule has 2 rings (SSSR count). The van der Waals surface area contributed by atoms with Gasteiger partial charge in [0.2, 0.25) is 0 Å². The Morgan fingerprint density at radius 3 is 2.67 bits per heavy atom. The summed E-state index contributed by atoms with van der Waals surface area (Å²) >= 11 is 0. The lowest BCUT2D eigenvalue weighted by molar-refractivity contribution is 0.598. The monoisotopic (exact) mass is 221 g/mol. The Morgan fingerprint density at radius 1 is 1.20 bits per heavy atom. The fourth-order valence-electron chi connectivity index (χ4n) is 1.50. The molecule has 1 heterocycles. The second-order valence-electron chi connectivity index (χ2n) is 3.23. The molecule has 0 N–H and O–H groups in total.